The van der Waals surface area contributed by atoms with Crippen molar-refractivity contribution < 1.29 is 18.7 Å². The minimum Gasteiger partial charge on any atom is -0.478 e. The number of anilines is 1. The van der Waals surface area contributed by atoms with E-state index in [2.05, 4.69) is 36.3 Å². The van der Waals surface area contributed by atoms with E-state index in [4.69, 9.17) is 0 Å². The largest absolute Gasteiger partial charge is 0.478 e. The van der Waals surface area contributed by atoms with E-state index < -0.39 is 11.9 Å². The molecule has 0 unspecified atom stereocenters. The first-order valence-corrected chi connectivity index (χ1v) is 11.2. The van der Waals surface area contributed by atoms with Gasteiger partial charge >= 0.3 is 5.97 Å². The van der Waals surface area contributed by atoms with Crippen LogP contribution in [0.2, 0.25) is 0 Å². The number of imidazole rings is 1. The molecule has 0 spiro atoms. The summed E-state index contributed by atoms with van der Waals surface area (Å²) < 4.78 is 30.4. The van der Waals surface area contributed by atoms with Crippen molar-refractivity contribution in [3.05, 3.63) is 94.8 Å². The third-order valence-corrected chi connectivity index (χ3v) is 5.92. The Kier molecular flexibility index (Phi) is 6.37. The molecular formula is C27H27F2N3O2. The van der Waals surface area contributed by atoms with E-state index in [1.807, 2.05) is 16.7 Å². The molecule has 1 aromatic heterocycles. The highest BCUT2D eigenvalue weighted by Gasteiger charge is 2.27. The van der Waals surface area contributed by atoms with Gasteiger partial charge in [-0.1, -0.05) is 50.2 Å². The van der Waals surface area contributed by atoms with E-state index in [0.717, 1.165) is 12.6 Å². The molecule has 0 radical (unpaired) electrons. The van der Waals surface area contributed by atoms with Crippen LogP contribution in [0.4, 0.5) is 14.5 Å². The lowest BCUT2D eigenvalue weighted by molar-refractivity contribution is 0.0164. The predicted octanol–water partition coefficient (Wildman–Crippen LogP) is 6.63. The molecule has 0 atom stereocenters. The van der Waals surface area contributed by atoms with Crippen molar-refractivity contribution in [3.63, 3.8) is 0 Å². The van der Waals surface area contributed by atoms with Crippen molar-refractivity contribution in [2.45, 2.75) is 45.7 Å². The second kappa shape index (κ2) is 9.25. The van der Waals surface area contributed by atoms with Crippen LogP contribution >= 0.6 is 0 Å². The van der Waals surface area contributed by atoms with Crippen molar-refractivity contribution >= 4 is 22.7 Å². The van der Waals surface area contributed by atoms with Gasteiger partial charge in [0, 0.05) is 24.7 Å². The zero-order valence-corrected chi connectivity index (χ0v) is 19.3. The van der Waals surface area contributed by atoms with Gasteiger partial charge in [-0.25, -0.2) is 18.6 Å². The summed E-state index contributed by atoms with van der Waals surface area (Å²) in [5.41, 5.74) is 3.91. The number of alkyl halides is 2. The number of halogens is 2. The average molecular weight is 464 g/mol. The number of fused-ring (bicyclic) bond motifs is 1. The van der Waals surface area contributed by atoms with E-state index in [1.165, 1.54) is 23.8 Å². The summed E-state index contributed by atoms with van der Waals surface area (Å²) in [7, 11) is 0. The first kappa shape index (κ1) is 23.4. The molecule has 0 bridgehead atoms. The molecule has 0 aliphatic rings. The van der Waals surface area contributed by atoms with Crippen LogP contribution in [0.25, 0.3) is 11.0 Å². The fourth-order valence-electron chi connectivity index (χ4n) is 4.05. The summed E-state index contributed by atoms with van der Waals surface area (Å²) in [5.74, 6) is -2.98. The minimum atomic E-state index is -2.99. The standard InChI is InChI=1S/C27H27F2N3O2/c1-17(2)18-8-11-21(12-9-18)30-15-25-31-23-14-19(26(33)34)10-13-24(23)32(25)16-20-6-4-5-7-22(20)27(3,28)29/h4-14,17,30H,15-16H2,1-3H3,(H,33,34). The molecule has 2 N–H and O–H groups in total. The molecule has 5 nitrogen and oxygen atoms in total. The second-order valence-electron chi connectivity index (χ2n) is 8.80. The molecule has 0 aliphatic heterocycles. The monoisotopic (exact) mass is 463 g/mol. The van der Waals surface area contributed by atoms with Crippen LogP contribution < -0.4 is 5.32 Å². The Balaban J connectivity index is 1.72. The highest BCUT2D eigenvalue weighted by molar-refractivity contribution is 5.92. The molecule has 0 saturated carbocycles. The Morgan fingerprint density at radius 2 is 1.79 bits per heavy atom. The van der Waals surface area contributed by atoms with Crippen molar-refractivity contribution in [3.8, 4) is 0 Å². The van der Waals surface area contributed by atoms with Crippen molar-refractivity contribution in [2.75, 3.05) is 5.32 Å². The minimum absolute atomic E-state index is 0.0396. The molecule has 0 fully saturated rings. The van der Waals surface area contributed by atoms with Gasteiger partial charge in [-0.05, 0) is 47.4 Å². The van der Waals surface area contributed by atoms with E-state index in [0.29, 0.717) is 34.9 Å². The van der Waals surface area contributed by atoms with Crippen molar-refractivity contribution in [2.24, 2.45) is 0 Å². The Morgan fingerprint density at radius 1 is 1.09 bits per heavy atom. The van der Waals surface area contributed by atoms with Crippen molar-refractivity contribution in [1.29, 1.82) is 0 Å². The maximum absolute atomic E-state index is 14.3. The number of aromatic nitrogens is 2. The third-order valence-electron chi connectivity index (χ3n) is 5.92. The van der Waals surface area contributed by atoms with Crippen molar-refractivity contribution in [1.82, 2.24) is 9.55 Å². The van der Waals surface area contributed by atoms with Gasteiger partial charge in [-0.2, -0.15) is 0 Å². The van der Waals surface area contributed by atoms with Crippen LogP contribution in [0.3, 0.4) is 0 Å². The Labute approximate surface area is 197 Å². The number of nitrogens with zero attached hydrogens (tertiary/aromatic N) is 2. The predicted molar refractivity (Wildman–Crippen MR) is 130 cm³/mol. The van der Waals surface area contributed by atoms with Gasteiger partial charge in [0.1, 0.15) is 5.82 Å². The highest BCUT2D eigenvalue weighted by Crippen LogP contribution is 2.31. The average Bonchev–Trinajstić information content (AvgIpc) is 3.14. The molecule has 176 valence electrons. The second-order valence-corrected chi connectivity index (χ2v) is 8.80. The molecule has 7 heteroatoms. The smallest absolute Gasteiger partial charge is 0.335 e. The van der Waals surface area contributed by atoms with Crippen LogP contribution in [-0.4, -0.2) is 20.6 Å². The fourth-order valence-corrected chi connectivity index (χ4v) is 4.05. The first-order valence-electron chi connectivity index (χ1n) is 11.2. The van der Waals surface area contributed by atoms with Gasteiger partial charge in [0.05, 0.1) is 23.1 Å². The summed E-state index contributed by atoms with van der Waals surface area (Å²) in [5, 5.41) is 12.7. The molecule has 4 aromatic rings. The van der Waals surface area contributed by atoms with Gasteiger partial charge in [-0.15, -0.1) is 0 Å². The van der Waals surface area contributed by atoms with Crippen LogP contribution in [0.15, 0.2) is 66.7 Å². The Hall–Kier alpha value is -3.74. The number of carboxylic acid groups (broad SMARTS) is 1. The number of rotatable bonds is 8. The fraction of sp³-hybridized carbons (Fsp3) is 0.259. The number of aromatic carboxylic acids is 1. The SMILES string of the molecule is CC(C)c1ccc(NCc2nc3cc(C(=O)O)ccc3n2Cc2ccccc2C(C)(F)F)cc1. The van der Waals surface area contributed by atoms with Gasteiger partial charge < -0.3 is 15.0 Å². The van der Waals surface area contributed by atoms with Crippen LogP contribution in [0, 0.1) is 0 Å². The van der Waals surface area contributed by atoms with Gasteiger partial charge in [-0.3, -0.25) is 0 Å². The summed E-state index contributed by atoms with van der Waals surface area (Å²) in [6, 6.07) is 19.3. The van der Waals surface area contributed by atoms with Gasteiger partial charge in [0.2, 0.25) is 0 Å². The molecule has 0 amide bonds. The van der Waals surface area contributed by atoms with E-state index in [-0.39, 0.29) is 17.7 Å². The summed E-state index contributed by atoms with van der Waals surface area (Å²) >= 11 is 0. The molecule has 3 aromatic carbocycles. The maximum atomic E-state index is 14.3. The van der Waals surface area contributed by atoms with Crippen LogP contribution in [-0.2, 0) is 19.0 Å². The third kappa shape index (κ3) is 4.93. The van der Waals surface area contributed by atoms with E-state index in [9.17, 15) is 18.7 Å². The number of benzene rings is 3. The van der Waals surface area contributed by atoms with Crippen LogP contribution in [0.5, 0.6) is 0 Å². The quantitative estimate of drug-likeness (QED) is 0.308. The topological polar surface area (TPSA) is 67.2 Å². The lowest BCUT2D eigenvalue weighted by Crippen LogP contribution is -2.15. The highest BCUT2D eigenvalue weighted by atomic mass is 19.3. The Bertz CT molecular complexity index is 1320. The normalized spacial score (nSPS) is 11.8. The number of nitrogens with one attached hydrogen (secondary N) is 1. The van der Waals surface area contributed by atoms with Gasteiger partial charge in [0.25, 0.3) is 5.92 Å². The Morgan fingerprint density at radius 3 is 2.44 bits per heavy atom. The maximum Gasteiger partial charge on any atom is 0.335 e. The number of carbonyl (C=O) groups is 1. The number of carboxylic acids is 1. The number of hydrogen-bond donors (Lipinski definition) is 2. The lowest BCUT2D eigenvalue weighted by Gasteiger charge is -2.18. The molecule has 0 saturated heterocycles. The van der Waals surface area contributed by atoms with Crippen LogP contribution in [0.1, 0.15) is 59.6 Å². The molecule has 4 rings (SSSR count). The first-order chi connectivity index (χ1) is 16.1. The molecule has 1 heterocycles. The lowest BCUT2D eigenvalue weighted by atomic mass is 10.0. The zero-order chi connectivity index (χ0) is 24.5. The van der Waals surface area contributed by atoms with E-state index in [1.54, 1.807) is 24.3 Å². The summed E-state index contributed by atoms with van der Waals surface area (Å²) in [4.78, 5) is 16.1. The summed E-state index contributed by atoms with van der Waals surface area (Å²) in [6.07, 6.45) is 0. The summed E-state index contributed by atoms with van der Waals surface area (Å²) in [6.45, 7) is 5.69. The van der Waals surface area contributed by atoms with E-state index >= 15 is 0 Å². The molecular weight excluding hydrogens is 436 g/mol. The zero-order valence-electron chi connectivity index (χ0n) is 19.3. The molecule has 0 aliphatic carbocycles. The van der Waals surface area contributed by atoms with Gasteiger partial charge in [0.15, 0.2) is 0 Å². The number of hydrogen-bond acceptors (Lipinski definition) is 3. The molecule has 34 heavy (non-hydrogen) atoms.